The second kappa shape index (κ2) is 4.65. The molecule has 16 heavy (non-hydrogen) atoms. The third kappa shape index (κ3) is 2.24. The summed E-state index contributed by atoms with van der Waals surface area (Å²) in [6, 6.07) is -0.0273. The van der Waals surface area contributed by atoms with Crippen LogP contribution in [-0.4, -0.2) is 23.7 Å². The Morgan fingerprint density at radius 1 is 1.62 bits per heavy atom. The van der Waals surface area contributed by atoms with Crippen LogP contribution in [0.2, 0.25) is 0 Å². The molecule has 0 radical (unpaired) electrons. The van der Waals surface area contributed by atoms with Gasteiger partial charge in [0.05, 0.1) is 11.7 Å². The third-order valence-corrected chi connectivity index (χ3v) is 3.00. The van der Waals surface area contributed by atoms with Crippen molar-refractivity contribution in [3.8, 4) is 0 Å². The van der Waals surface area contributed by atoms with Gasteiger partial charge in [0.2, 0.25) is 5.91 Å². The third-order valence-electron chi connectivity index (χ3n) is 3.00. The first-order chi connectivity index (χ1) is 7.68. The molecule has 0 bridgehead atoms. The molecule has 1 fully saturated rings. The van der Waals surface area contributed by atoms with Crippen molar-refractivity contribution in [2.45, 2.75) is 39.3 Å². The zero-order valence-corrected chi connectivity index (χ0v) is 9.67. The van der Waals surface area contributed by atoms with Crippen molar-refractivity contribution in [2.24, 2.45) is 0 Å². The molecule has 1 aliphatic heterocycles. The van der Waals surface area contributed by atoms with Crippen LogP contribution in [0.3, 0.4) is 0 Å². The van der Waals surface area contributed by atoms with Gasteiger partial charge in [-0.25, -0.2) is 0 Å². The molecule has 1 aliphatic rings. The normalized spacial score (nSPS) is 20.0. The lowest BCUT2D eigenvalue weighted by atomic mass is 10.2. The lowest BCUT2D eigenvalue weighted by Crippen LogP contribution is -2.40. The molecule has 1 atom stereocenters. The molecule has 1 saturated heterocycles. The summed E-state index contributed by atoms with van der Waals surface area (Å²) < 4.78 is 5.04. The number of aryl methyl sites for hydroxylation is 2. The molecule has 2 N–H and O–H groups in total. The van der Waals surface area contributed by atoms with Crippen LogP contribution in [0.5, 0.6) is 0 Å². The Hall–Kier alpha value is -1.36. The van der Waals surface area contributed by atoms with E-state index in [4.69, 9.17) is 4.52 Å². The van der Waals surface area contributed by atoms with Gasteiger partial charge >= 0.3 is 0 Å². The average molecular weight is 223 g/mol. The smallest absolute Gasteiger partial charge is 0.237 e. The number of hydrogen-bond donors (Lipinski definition) is 2. The van der Waals surface area contributed by atoms with Gasteiger partial charge in [0, 0.05) is 12.1 Å². The van der Waals surface area contributed by atoms with E-state index in [1.165, 1.54) is 0 Å². The van der Waals surface area contributed by atoms with Gasteiger partial charge in [-0.2, -0.15) is 0 Å². The van der Waals surface area contributed by atoms with E-state index in [2.05, 4.69) is 15.8 Å². The summed E-state index contributed by atoms with van der Waals surface area (Å²) in [5, 5.41) is 9.92. The number of amides is 1. The predicted molar refractivity (Wildman–Crippen MR) is 58.8 cm³/mol. The summed E-state index contributed by atoms with van der Waals surface area (Å²) in [5.74, 6) is 0.842. The molecule has 1 amide bonds. The largest absolute Gasteiger partial charge is 0.361 e. The fourth-order valence-corrected chi connectivity index (χ4v) is 1.96. The zero-order chi connectivity index (χ0) is 11.5. The van der Waals surface area contributed by atoms with Crippen LogP contribution in [0.1, 0.15) is 29.9 Å². The van der Waals surface area contributed by atoms with Crippen molar-refractivity contribution in [3.05, 3.63) is 17.0 Å². The van der Waals surface area contributed by atoms with Gasteiger partial charge in [-0.1, -0.05) is 5.16 Å². The molecule has 0 saturated carbocycles. The van der Waals surface area contributed by atoms with Gasteiger partial charge in [0.15, 0.2) is 0 Å². The van der Waals surface area contributed by atoms with Gasteiger partial charge in [0.1, 0.15) is 5.76 Å². The second-order valence-electron chi connectivity index (χ2n) is 4.17. The highest BCUT2D eigenvalue weighted by atomic mass is 16.5. The molecule has 0 aliphatic carbocycles. The SMILES string of the molecule is Cc1noc(C)c1CNC(=O)C1CCCN1. The van der Waals surface area contributed by atoms with E-state index in [0.717, 1.165) is 36.4 Å². The maximum atomic E-state index is 11.7. The van der Waals surface area contributed by atoms with Crippen molar-refractivity contribution in [1.82, 2.24) is 15.8 Å². The quantitative estimate of drug-likeness (QED) is 0.790. The molecule has 2 rings (SSSR count). The van der Waals surface area contributed by atoms with Gasteiger partial charge in [-0.3, -0.25) is 4.79 Å². The van der Waals surface area contributed by atoms with Crippen molar-refractivity contribution in [1.29, 1.82) is 0 Å². The van der Waals surface area contributed by atoms with Crippen LogP contribution in [0.25, 0.3) is 0 Å². The molecule has 1 aromatic heterocycles. The zero-order valence-electron chi connectivity index (χ0n) is 9.67. The molecule has 0 aromatic carbocycles. The number of nitrogens with zero attached hydrogens (tertiary/aromatic N) is 1. The maximum absolute atomic E-state index is 11.7. The fourth-order valence-electron chi connectivity index (χ4n) is 1.96. The van der Waals surface area contributed by atoms with Crippen LogP contribution >= 0.6 is 0 Å². The maximum Gasteiger partial charge on any atom is 0.237 e. The number of nitrogens with one attached hydrogen (secondary N) is 2. The molecule has 88 valence electrons. The van der Waals surface area contributed by atoms with Crippen LogP contribution in [-0.2, 0) is 11.3 Å². The van der Waals surface area contributed by atoms with E-state index in [1.54, 1.807) is 0 Å². The van der Waals surface area contributed by atoms with Gasteiger partial charge in [-0.15, -0.1) is 0 Å². The lowest BCUT2D eigenvalue weighted by Gasteiger charge is -2.10. The summed E-state index contributed by atoms with van der Waals surface area (Å²) in [5.41, 5.74) is 1.82. The molecule has 1 unspecified atom stereocenters. The molecule has 5 heteroatoms. The molecular formula is C11H17N3O2. The van der Waals surface area contributed by atoms with Crippen molar-refractivity contribution in [2.75, 3.05) is 6.54 Å². The van der Waals surface area contributed by atoms with Gasteiger partial charge < -0.3 is 15.2 Å². The van der Waals surface area contributed by atoms with E-state index >= 15 is 0 Å². The van der Waals surface area contributed by atoms with Crippen LogP contribution in [0, 0.1) is 13.8 Å². The Morgan fingerprint density at radius 3 is 3.00 bits per heavy atom. The standard InChI is InChI=1S/C11H17N3O2/c1-7-9(8(2)16-14-7)6-13-11(15)10-4-3-5-12-10/h10,12H,3-6H2,1-2H3,(H,13,15). The van der Waals surface area contributed by atoms with E-state index in [0.29, 0.717) is 6.54 Å². The molecular weight excluding hydrogens is 206 g/mol. The molecule has 5 nitrogen and oxygen atoms in total. The average Bonchev–Trinajstić information content (AvgIpc) is 2.87. The fraction of sp³-hybridized carbons (Fsp3) is 0.636. The Bertz CT molecular complexity index is 361. The van der Waals surface area contributed by atoms with E-state index < -0.39 is 0 Å². The van der Waals surface area contributed by atoms with Crippen molar-refractivity contribution >= 4 is 5.91 Å². The summed E-state index contributed by atoms with van der Waals surface area (Å²) in [6.45, 7) is 5.17. The minimum absolute atomic E-state index is 0.0273. The minimum atomic E-state index is -0.0273. The highest BCUT2D eigenvalue weighted by molar-refractivity contribution is 5.82. The first kappa shape index (κ1) is 11.1. The van der Waals surface area contributed by atoms with Gasteiger partial charge in [0.25, 0.3) is 0 Å². The number of carbonyl (C=O) groups is 1. The van der Waals surface area contributed by atoms with Crippen molar-refractivity contribution in [3.63, 3.8) is 0 Å². The first-order valence-electron chi connectivity index (χ1n) is 5.61. The Labute approximate surface area is 94.6 Å². The lowest BCUT2D eigenvalue weighted by molar-refractivity contribution is -0.122. The summed E-state index contributed by atoms with van der Waals surface area (Å²) in [6.07, 6.45) is 2.00. The van der Waals surface area contributed by atoms with Crippen molar-refractivity contribution < 1.29 is 9.32 Å². The topological polar surface area (TPSA) is 67.2 Å². The van der Waals surface area contributed by atoms with Gasteiger partial charge in [-0.05, 0) is 33.2 Å². The summed E-state index contributed by atoms with van der Waals surface area (Å²) >= 11 is 0. The summed E-state index contributed by atoms with van der Waals surface area (Å²) in [4.78, 5) is 11.7. The second-order valence-corrected chi connectivity index (χ2v) is 4.17. The molecule has 0 spiro atoms. The Kier molecular flexibility index (Phi) is 3.24. The first-order valence-corrected chi connectivity index (χ1v) is 5.61. The number of carbonyl (C=O) groups excluding carboxylic acids is 1. The van der Waals surface area contributed by atoms with Crippen LogP contribution < -0.4 is 10.6 Å². The summed E-state index contributed by atoms with van der Waals surface area (Å²) in [7, 11) is 0. The van der Waals surface area contributed by atoms with E-state index in [1.807, 2.05) is 13.8 Å². The molecule has 2 heterocycles. The number of rotatable bonds is 3. The Balaban J connectivity index is 1.89. The monoisotopic (exact) mass is 223 g/mol. The van der Waals surface area contributed by atoms with Crippen LogP contribution in [0.4, 0.5) is 0 Å². The number of aromatic nitrogens is 1. The molecule has 1 aromatic rings. The highest BCUT2D eigenvalue weighted by Crippen LogP contribution is 2.12. The Morgan fingerprint density at radius 2 is 2.44 bits per heavy atom. The van der Waals surface area contributed by atoms with E-state index in [-0.39, 0.29) is 11.9 Å². The predicted octanol–water partition coefficient (Wildman–Crippen LogP) is 0.660. The minimum Gasteiger partial charge on any atom is -0.361 e. The van der Waals surface area contributed by atoms with Crippen LogP contribution in [0.15, 0.2) is 4.52 Å². The van der Waals surface area contributed by atoms with E-state index in [9.17, 15) is 4.79 Å². The highest BCUT2D eigenvalue weighted by Gasteiger charge is 2.22. The number of hydrogen-bond acceptors (Lipinski definition) is 4.